The summed E-state index contributed by atoms with van der Waals surface area (Å²) in [5.41, 5.74) is 2.71. The Bertz CT molecular complexity index is 1220. The molecular weight excluding hydrogens is 483 g/mol. The summed E-state index contributed by atoms with van der Waals surface area (Å²) in [5.74, 6) is 0.119. The van der Waals surface area contributed by atoms with Crippen molar-refractivity contribution in [1.82, 2.24) is 14.7 Å². The fourth-order valence-corrected chi connectivity index (χ4v) is 4.35. The van der Waals surface area contributed by atoms with E-state index >= 15 is 0 Å². The van der Waals surface area contributed by atoms with Gasteiger partial charge in [0.15, 0.2) is 5.78 Å². The van der Waals surface area contributed by atoms with Crippen LogP contribution in [0.2, 0.25) is 5.02 Å². The number of rotatable bonds is 9. The number of ketones is 1. The van der Waals surface area contributed by atoms with Crippen molar-refractivity contribution in [3.8, 4) is 0 Å². The number of Topliss-reactive ketones (excluding diaryl/α,β-unsaturated/α-hetero) is 1. The Balaban J connectivity index is 1.31. The molecule has 0 radical (unpaired) electrons. The van der Waals surface area contributed by atoms with E-state index in [9.17, 15) is 22.8 Å². The van der Waals surface area contributed by atoms with Crippen molar-refractivity contribution in [3.63, 3.8) is 0 Å². The Morgan fingerprint density at radius 2 is 1.86 bits per heavy atom. The molecule has 1 aliphatic heterocycles. The molecule has 0 aliphatic carbocycles. The number of benzene rings is 2. The Morgan fingerprint density at radius 1 is 1.14 bits per heavy atom. The second-order valence-corrected chi connectivity index (χ2v) is 9.24. The fourth-order valence-electron chi connectivity index (χ4n) is 4.22. The first-order chi connectivity index (χ1) is 16.6. The molecule has 35 heavy (non-hydrogen) atoms. The highest BCUT2D eigenvalue weighted by Gasteiger charge is 2.31. The summed E-state index contributed by atoms with van der Waals surface area (Å²) in [7, 11) is 0. The number of fused-ring (bicyclic) bond motifs is 1. The number of hydrogen-bond acceptors (Lipinski definition) is 4. The fraction of sp³-hybridized carbons (Fsp3) is 0.400. The molecule has 1 aromatic heterocycles. The molecule has 2 aromatic carbocycles. The molecular formula is C25H25ClF3N3O3. The predicted molar refractivity (Wildman–Crippen MR) is 126 cm³/mol. The molecule has 0 unspecified atom stereocenters. The maximum absolute atomic E-state index is 12.6. The third-order valence-corrected chi connectivity index (χ3v) is 6.30. The summed E-state index contributed by atoms with van der Waals surface area (Å²) in [6.45, 7) is 2.34. The van der Waals surface area contributed by atoms with E-state index in [1.165, 1.54) is 0 Å². The van der Waals surface area contributed by atoms with Gasteiger partial charge >= 0.3 is 6.18 Å². The van der Waals surface area contributed by atoms with Crippen molar-refractivity contribution in [2.45, 2.75) is 32.5 Å². The third-order valence-electron chi connectivity index (χ3n) is 6.05. The summed E-state index contributed by atoms with van der Waals surface area (Å²) in [6.07, 6.45) is -2.14. The molecule has 10 heteroatoms. The molecule has 3 aromatic rings. The zero-order valence-corrected chi connectivity index (χ0v) is 19.9. The van der Waals surface area contributed by atoms with Crippen LogP contribution in [-0.4, -0.2) is 58.9 Å². The lowest BCUT2D eigenvalue weighted by Crippen LogP contribution is -2.51. The van der Waals surface area contributed by atoms with Crippen LogP contribution in [0.1, 0.15) is 39.1 Å². The summed E-state index contributed by atoms with van der Waals surface area (Å²) in [6, 6.07) is 10.3. The zero-order valence-electron chi connectivity index (χ0n) is 19.1. The number of halogens is 4. The number of carbonyl (C=O) groups is 2. The van der Waals surface area contributed by atoms with Gasteiger partial charge in [0.2, 0.25) is 0 Å². The van der Waals surface area contributed by atoms with Gasteiger partial charge in [-0.3, -0.25) is 14.3 Å². The number of hydrogen-bond donors (Lipinski definition) is 0. The van der Waals surface area contributed by atoms with Crippen molar-refractivity contribution in [2.75, 3.05) is 26.3 Å². The van der Waals surface area contributed by atoms with E-state index in [2.05, 4.69) is 9.84 Å². The minimum absolute atomic E-state index is 0.0219. The number of aryl methyl sites for hydroxylation is 1. The van der Waals surface area contributed by atoms with E-state index in [0.717, 1.165) is 16.5 Å². The van der Waals surface area contributed by atoms with Crippen LogP contribution in [-0.2, 0) is 11.3 Å². The van der Waals surface area contributed by atoms with Crippen LogP contribution in [0, 0.1) is 12.8 Å². The van der Waals surface area contributed by atoms with E-state index in [1.54, 1.807) is 41.3 Å². The van der Waals surface area contributed by atoms with Crippen molar-refractivity contribution >= 4 is 34.2 Å². The van der Waals surface area contributed by atoms with Gasteiger partial charge in [-0.25, -0.2) is 0 Å². The quantitative estimate of drug-likeness (QED) is 0.291. The molecule has 0 bridgehead atoms. The monoisotopic (exact) mass is 507 g/mol. The summed E-state index contributed by atoms with van der Waals surface area (Å²) in [4.78, 5) is 26.9. The summed E-state index contributed by atoms with van der Waals surface area (Å²) >= 11 is 5.88. The first kappa shape index (κ1) is 25.2. The van der Waals surface area contributed by atoms with Gasteiger partial charge in [-0.15, -0.1) is 0 Å². The van der Waals surface area contributed by atoms with Gasteiger partial charge in [0, 0.05) is 66.3 Å². The van der Waals surface area contributed by atoms with Gasteiger partial charge < -0.3 is 9.64 Å². The van der Waals surface area contributed by atoms with Crippen LogP contribution in [0.15, 0.2) is 42.6 Å². The number of alkyl halides is 3. The molecule has 186 valence electrons. The van der Waals surface area contributed by atoms with Crippen molar-refractivity contribution in [1.29, 1.82) is 0 Å². The van der Waals surface area contributed by atoms with E-state index in [4.69, 9.17) is 11.6 Å². The van der Waals surface area contributed by atoms with Gasteiger partial charge in [-0.1, -0.05) is 11.6 Å². The van der Waals surface area contributed by atoms with Crippen molar-refractivity contribution in [3.05, 3.63) is 64.3 Å². The van der Waals surface area contributed by atoms with Crippen molar-refractivity contribution in [2.24, 2.45) is 5.92 Å². The maximum atomic E-state index is 12.6. The first-order valence-electron chi connectivity index (χ1n) is 11.3. The third kappa shape index (κ3) is 6.21. The molecule has 0 atom stereocenters. The highest BCUT2D eigenvalue weighted by molar-refractivity contribution is 6.30. The van der Waals surface area contributed by atoms with Gasteiger partial charge in [0.1, 0.15) is 6.61 Å². The standard InChI is InChI=1S/C25H25ClF3N3O3/c1-16-20(23(33)3-2-10-35-15-25(27,28)29)8-9-22-21(16)14-32(30-22)13-17-11-31(12-17)24(34)18-4-6-19(26)7-5-18/h4-9,14,17H,2-3,10-13,15H2,1H3. The molecule has 1 saturated heterocycles. The van der Waals surface area contributed by atoms with Crippen molar-refractivity contribution < 1.29 is 27.5 Å². The first-order valence-corrected chi connectivity index (χ1v) is 11.7. The number of likely N-dealkylation sites (tertiary alicyclic amines) is 1. The van der Waals surface area contributed by atoms with Crippen LogP contribution in [0.4, 0.5) is 13.2 Å². The van der Waals surface area contributed by atoms with E-state index < -0.39 is 12.8 Å². The Kier molecular flexibility index (Phi) is 7.47. The predicted octanol–water partition coefficient (Wildman–Crippen LogP) is 5.31. The lowest BCUT2D eigenvalue weighted by Gasteiger charge is -2.39. The number of nitrogens with zero attached hydrogens (tertiary/aromatic N) is 3. The van der Waals surface area contributed by atoms with Gasteiger partial charge in [-0.05, 0) is 55.3 Å². The normalized spacial score (nSPS) is 14.4. The number of carbonyl (C=O) groups excluding carboxylic acids is 2. The lowest BCUT2D eigenvalue weighted by molar-refractivity contribution is -0.173. The van der Waals surface area contributed by atoms with Crippen LogP contribution in [0.3, 0.4) is 0 Å². The average molecular weight is 508 g/mol. The molecule has 0 N–H and O–H groups in total. The molecule has 0 spiro atoms. The summed E-state index contributed by atoms with van der Waals surface area (Å²) < 4.78 is 42.8. The van der Waals surface area contributed by atoms with E-state index in [-0.39, 0.29) is 37.1 Å². The molecule has 2 heterocycles. The largest absolute Gasteiger partial charge is 0.411 e. The maximum Gasteiger partial charge on any atom is 0.411 e. The van der Waals surface area contributed by atoms with Crippen LogP contribution in [0.25, 0.3) is 10.9 Å². The highest BCUT2D eigenvalue weighted by Crippen LogP contribution is 2.25. The van der Waals surface area contributed by atoms with Gasteiger partial charge in [-0.2, -0.15) is 18.3 Å². The van der Waals surface area contributed by atoms with Gasteiger partial charge in [0.25, 0.3) is 5.91 Å². The molecule has 1 fully saturated rings. The molecule has 4 rings (SSSR count). The number of aromatic nitrogens is 2. The Hall–Kier alpha value is -2.91. The molecule has 1 aliphatic rings. The SMILES string of the molecule is Cc1c(C(=O)CCCOCC(F)(F)F)ccc2nn(CC3CN(C(=O)c4ccc(Cl)cc4)C3)cc12. The number of amides is 1. The van der Waals surface area contributed by atoms with Gasteiger partial charge in [0.05, 0.1) is 5.52 Å². The molecule has 1 amide bonds. The zero-order chi connectivity index (χ0) is 25.2. The lowest BCUT2D eigenvalue weighted by atomic mass is 9.98. The van der Waals surface area contributed by atoms with Crippen LogP contribution in [0.5, 0.6) is 0 Å². The second kappa shape index (κ2) is 10.4. The molecule has 6 nitrogen and oxygen atoms in total. The van der Waals surface area contributed by atoms with Crippen LogP contribution < -0.4 is 0 Å². The minimum atomic E-state index is -4.37. The average Bonchev–Trinajstić information content (AvgIpc) is 3.19. The Labute approximate surface area is 205 Å². The minimum Gasteiger partial charge on any atom is -0.372 e. The Morgan fingerprint density at radius 3 is 2.54 bits per heavy atom. The topological polar surface area (TPSA) is 64.4 Å². The van der Waals surface area contributed by atoms with E-state index in [0.29, 0.717) is 35.8 Å². The highest BCUT2D eigenvalue weighted by atomic mass is 35.5. The van der Waals surface area contributed by atoms with E-state index in [1.807, 2.05) is 17.8 Å². The summed E-state index contributed by atoms with van der Waals surface area (Å²) in [5, 5.41) is 6.05. The number of ether oxygens (including phenoxy) is 1. The second-order valence-electron chi connectivity index (χ2n) is 8.80. The molecule has 0 saturated carbocycles. The smallest absolute Gasteiger partial charge is 0.372 e. The van der Waals surface area contributed by atoms with Crippen LogP contribution >= 0.6 is 11.6 Å².